The smallest absolute Gasteiger partial charge is 0.213 e. The fourth-order valence-corrected chi connectivity index (χ4v) is 1.78. The molecular formula is C9H16N4O. The largest absolute Gasteiger partial charge is 0.343 e. The first-order valence-corrected chi connectivity index (χ1v) is 4.99. The Balaban J connectivity index is 1.88. The normalized spacial score (nSPS) is 29.3. The van der Waals surface area contributed by atoms with Gasteiger partial charge in [0.25, 0.3) is 0 Å². The third kappa shape index (κ3) is 2.10. The van der Waals surface area contributed by atoms with E-state index in [0.717, 1.165) is 31.9 Å². The van der Waals surface area contributed by atoms with E-state index in [0.29, 0.717) is 5.92 Å². The van der Waals surface area contributed by atoms with Crippen LogP contribution in [0.15, 0.2) is 10.9 Å². The predicted octanol–water partition coefficient (Wildman–Crippen LogP) is 0.239. The maximum atomic E-state index is 5.99. The quantitative estimate of drug-likeness (QED) is 0.733. The number of hydrogen-bond donors (Lipinski definition) is 1. The SMILES string of the molecule is CC1CCN(Cc2ncon2)CC1N. The van der Waals surface area contributed by atoms with E-state index < -0.39 is 0 Å². The van der Waals surface area contributed by atoms with Crippen LogP contribution in [0.2, 0.25) is 0 Å². The van der Waals surface area contributed by atoms with Gasteiger partial charge in [0.05, 0.1) is 6.54 Å². The van der Waals surface area contributed by atoms with Crippen molar-refractivity contribution < 1.29 is 4.52 Å². The summed E-state index contributed by atoms with van der Waals surface area (Å²) >= 11 is 0. The van der Waals surface area contributed by atoms with E-state index in [1.807, 2.05) is 0 Å². The van der Waals surface area contributed by atoms with Gasteiger partial charge in [-0.2, -0.15) is 4.98 Å². The van der Waals surface area contributed by atoms with Crippen molar-refractivity contribution >= 4 is 0 Å². The maximum absolute atomic E-state index is 5.99. The molecule has 5 heteroatoms. The molecule has 2 N–H and O–H groups in total. The summed E-state index contributed by atoms with van der Waals surface area (Å²) in [4.78, 5) is 6.27. The molecule has 0 spiro atoms. The second kappa shape index (κ2) is 4.06. The Morgan fingerprint density at radius 3 is 3.21 bits per heavy atom. The van der Waals surface area contributed by atoms with Crippen molar-refractivity contribution in [1.82, 2.24) is 15.0 Å². The van der Waals surface area contributed by atoms with Gasteiger partial charge in [0, 0.05) is 12.6 Å². The van der Waals surface area contributed by atoms with Crippen LogP contribution in [0.25, 0.3) is 0 Å². The zero-order chi connectivity index (χ0) is 9.97. The van der Waals surface area contributed by atoms with Gasteiger partial charge in [0.2, 0.25) is 6.39 Å². The molecule has 2 unspecified atom stereocenters. The van der Waals surface area contributed by atoms with Gasteiger partial charge in [0.1, 0.15) is 0 Å². The van der Waals surface area contributed by atoms with Crippen molar-refractivity contribution in [3.63, 3.8) is 0 Å². The minimum atomic E-state index is 0.274. The van der Waals surface area contributed by atoms with Gasteiger partial charge in [-0.15, -0.1) is 0 Å². The molecule has 2 heterocycles. The zero-order valence-electron chi connectivity index (χ0n) is 8.39. The summed E-state index contributed by atoms with van der Waals surface area (Å²) in [6.07, 6.45) is 2.51. The molecule has 1 aromatic rings. The zero-order valence-corrected chi connectivity index (χ0v) is 8.39. The van der Waals surface area contributed by atoms with Crippen LogP contribution in [0.3, 0.4) is 0 Å². The van der Waals surface area contributed by atoms with Crippen molar-refractivity contribution in [1.29, 1.82) is 0 Å². The van der Waals surface area contributed by atoms with Gasteiger partial charge in [-0.3, -0.25) is 4.90 Å². The van der Waals surface area contributed by atoms with Crippen molar-refractivity contribution in [3.8, 4) is 0 Å². The van der Waals surface area contributed by atoms with Crippen molar-refractivity contribution in [3.05, 3.63) is 12.2 Å². The topological polar surface area (TPSA) is 68.2 Å². The number of nitrogens with zero attached hydrogens (tertiary/aromatic N) is 3. The summed E-state index contributed by atoms with van der Waals surface area (Å²) < 4.78 is 4.68. The molecule has 1 saturated heterocycles. The molecule has 1 aliphatic rings. The number of hydrogen-bond acceptors (Lipinski definition) is 5. The Kier molecular flexibility index (Phi) is 2.79. The summed E-state index contributed by atoms with van der Waals surface area (Å²) in [5, 5.41) is 3.79. The molecule has 0 aliphatic carbocycles. The molecule has 2 rings (SSSR count). The molecule has 0 amide bonds. The lowest BCUT2D eigenvalue weighted by molar-refractivity contribution is 0.157. The lowest BCUT2D eigenvalue weighted by atomic mass is 9.94. The maximum Gasteiger partial charge on any atom is 0.213 e. The number of likely N-dealkylation sites (tertiary alicyclic amines) is 1. The second-order valence-electron chi connectivity index (χ2n) is 4.01. The average Bonchev–Trinajstić information content (AvgIpc) is 2.64. The van der Waals surface area contributed by atoms with Gasteiger partial charge in [-0.1, -0.05) is 12.1 Å². The molecule has 5 nitrogen and oxygen atoms in total. The van der Waals surface area contributed by atoms with E-state index in [1.165, 1.54) is 6.39 Å². The lowest BCUT2D eigenvalue weighted by Crippen LogP contribution is -2.47. The summed E-state index contributed by atoms with van der Waals surface area (Å²) in [6.45, 7) is 4.95. The number of rotatable bonds is 2. The first-order chi connectivity index (χ1) is 6.75. The monoisotopic (exact) mass is 196 g/mol. The van der Waals surface area contributed by atoms with Crippen LogP contribution in [-0.4, -0.2) is 34.2 Å². The molecule has 0 bridgehead atoms. The van der Waals surface area contributed by atoms with E-state index in [-0.39, 0.29) is 6.04 Å². The third-order valence-corrected chi connectivity index (χ3v) is 2.87. The first-order valence-electron chi connectivity index (χ1n) is 4.99. The van der Waals surface area contributed by atoms with E-state index in [9.17, 15) is 0 Å². The molecule has 14 heavy (non-hydrogen) atoms. The van der Waals surface area contributed by atoms with Gasteiger partial charge >= 0.3 is 0 Å². The van der Waals surface area contributed by atoms with Crippen LogP contribution >= 0.6 is 0 Å². The average molecular weight is 196 g/mol. The first kappa shape index (κ1) is 9.61. The predicted molar refractivity (Wildman–Crippen MR) is 51.3 cm³/mol. The number of nitrogens with two attached hydrogens (primary N) is 1. The molecule has 1 aromatic heterocycles. The molecule has 78 valence electrons. The second-order valence-corrected chi connectivity index (χ2v) is 4.01. The fourth-order valence-electron chi connectivity index (χ4n) is 1.78. The van der Waals surface area contributed by atoms with E-state index in [1.54, 1.807) is 0 Å². The standard InChI is InChI=1S/C9H16N4O/c1-7-2-3-13(4-8(7)10)5-9-11-6-14-12-9/h6-8H,2-5,10H2,1H3. The highest BCUT2D eigenvalue weighted by atomic mass is 16.5. The van der Waals surface area contributed by atoms with Crippen molar-refractivity contribution in [2.24, 2.45) is 11.7 Å². The van der Waals surface area contributed by atoms with Crippen molar-refractivity contribution in [2.75, 3.05) is 13.1 Å². The molecule has 2 atom stereocenters. The molecule has 0 radical (unpaired) electrons. The summed E-state index contributed by atoms with van der Waals surface area (Å²) in [6, 6.07) is 0.274. The van der Waals surface area contributed by atoms with Crippen LogP contribution in [0.4, 0.5) is 0 Å². The molecule has 1 aliphatic heterocycles. The molecular weight excluding hydrogens is 180 g/mol. The van der Waals surface area contributed by atoms with Gasteiger partial charge in [-0.25, -0.2) is 0 Å². The summed E-state index contributed by atoms with van der Waals surface area (Å²) in [5.74, 6) is 1.36. The highest BCUT2D eigenvalue weighted by Gasteiger charge is 2.23. The van der Waals surface area contributed by atoms with Crippen molar-refractivity contribution in [2.45, 2.75) is 25.9 Å². The molecule has 1 fully saturated rings. The lowest BCUT2D eigenvalue weighted by Gasteiger charge is -2.34. The van der Waals surface area contributed by atoms with Crippen LogP contribution in [0.1, 0.15) is 19.2 Å². The minimum absolute atomic E-state index is 0.274. The number of piperidine rings is 1. The highest BCUT2D eigenvalue weighted by Crippen LogP contribution is 2.16. The number of aromatic nitrogens is 2. The Bertz CT molecular complexity index is 274. The Morgan fingerprint density at radius 1 is 1.71 bits per heavy atom. The van der Waals surface area contributed by atoms with Crippen LogP contribution < -0.4 is 5.73 Å². The molecule has 0 saturated carbocycles. The molecule has 0 aromatic carbocycles. The summed E-state index contributed by atoms with van der Waals surface area (Å²) in [5.41, 5.74) is 5.99. The highest BCUT2D eigenvalue weighted by molar-refractivity contribution is 4.85. The van der Waals surface area contributed by atoms with E-state index >= 15 is 0 Å². The van der Waals surface area contributed by atoms with Gasteiger partial charge in [0.15, 0.2) is 5.82 Å². The Morgan fingerprint density at radius 2 is 2.57 bits per heavy atom. The summed E-state index contributed by atoms with van der Waals surface area (Å²) in [7, 11) is 0. The minimum Gasteiger partial charge on any atom is -0.343 e. The van der Waals surface area contributed by atoms with Crippen LogP contribution in [0.5, 0.6) is 0 Å². The third-order valence-electron chi connectivity index (χ3n) is 2.87. The Labute approximate surface area is 83.3 Å². The van der Waals surface area contributed by atoms with Crippen LogP contribution in [0, 0.1) is 5.92 Å². The van der Waals surface area contributed by atoms with Gasteiger partial charge in [-0.05, 0) is 18.9 Å². The van der Waals surface area contributed by atoms with E-state index in [4.69, 9.17) is 5.73 Å². The Hall–Kier alpha value is -0.940. The van der Waals surface area contributed by atoms with Gasteiger partial charge < -0.3 is 10.3 Å². The van der Waals surface area contributed by atoms with Crippen LogP contribution in [-0.2, 0) is 6.54 Å². The van der Waals surface area contributed by atoms with E-state index in [2.05, 4.69) is 26.5 Å². The fraction of sp³-hybridized carbons (Fsp3) is 0.778.